The van der Waals surface area contributed by atoms with Crippen LogP contribution in [0, 0.1) is 11.8 Å². The zero-order valence-electron chi connectivity index (χ0n) is 14.4. The SMILES string of the molecule is C[C@@H]1C[C@@H](Cc2ccccc2)C[C@@H]1c1ncc2cnc3[nH]ccc3n12. The third-order valence-corrected chi connectivity index (χ3v) is 5.77. The zero-order valence-corrected chi connectivity index (χ0v) is 14.4. The average molecular weight is 330 g/mol. The van der Waals surface area contributed by atoms with Gasteiger partial charge in [0.2, 0.25) is 0 Å². The van der Waals surface area contributed by atoms with Gasteiger partial charge < -0.3 is 4.98 Å². The van der Waals surface area contributed by atoms with Crippen LogP contribution in [0.25, 0.3) is 16.7 Å². The Kier molecular flexibility index (Phi) is 3.37. The third kappa shape index (κ3) is 2.44. The van der Waals surface area contributed by atoms with Crippen molar-refractivity contribution in [2.75, 3.05) is 0 Å². The standard InChI is InChI=1S/C21H22N4/c1-14-9-16(10-15-5-3-2-4-6-15)11-18(14)21-24-13-17-12-23-20-19(25(17)21)7-8-22-20/h2-8,12-14,16,18,22H,9-11H2,1H3/t14-,16+,18+/m1/s1. The van der Waals surface area contributed by atoms with Crippen LogP contribution in [0.2, 0.25) is 0 Å². The summed E-state index contributed by atoms with van der Waals surface area (Å²) < 4.78 is 2.30. The van der Waals surface area contributed by atoms with E-state index in [0.717, 1.165) is 22.6 Å². The van der Waals surface area contributed by atoms with Crippen molar-refractivity contribution in [3.8, 4) is 0 Å². The van der Waals surface area contributed by atoms with Gasteiger partial charge in [0.15, 0.2) is 5.65 Å². The maximum Gasteiger partial charge on any atom is 0.154 e. The van der Waals surface area contributed by atoms with Crippen LogP contribution in [0.4, 0.5) is 0 Å². The molecule has 0 aliphatic heterocycles. The van der Waals surface area contributed by atoms with Gasteiger partial charge in [-0.2, -0.15) is 0 Å². The van der Waals surface area contributed by atoms with Gasteiger partial charge in [-0.3, -0.25) is 4.40 Å². The molecule has 1 aliphatic carbocycles. The molecule has 1 saturated carbocycles. The van der Waals surface area contributed by atoms with E-state index in [2.05, 4.69) is 57.7 Å². The number of hydrogen-bond donors (Lipinski definition) is 1. The Bertz CT molecular complexity index is 1010. The van der Waals surface area contributed by atoms with Gasteiger partial charge in [0.25, 0.3) is 0 Å². The van der Waals surface area contributed by atoms with Crippen LogP contribution in [-0.4, -0.2) is 19.4 Å². The van der Waals surface area contributed by atoms with E-state index < -0.39 is 0 Å². The number of rotatable bonds is 3. The first-order valence-corrected chi connectivity index (χ1v) is 9.13. The van der Waals surface area contributed by atoms with Crippen LogP contribution >= 0.6 is 0 Å². The summed E-state index contributed by atoms with van der Waals surface area (Å²) in [6.45, 7) is 2.38. The molecule has 25 heavy (non-hydrogen) atoms. The minimum atomic E-state index is 0.511. The molecule has 4 heteroatoms. The average Bonchev–Trinajstić information content (AvgIpc) is 3.32. The van der Waals surface area contributed by atoms with Crippen molar-refractivity contribution in [2.24, 2.45) is 11.8 Å². The van der Waals surface area contributed by atoms with E-state index in [4.69, 9.17) is 4.98 Å². The fourth-order valence-electron chi connectivity index (χ4n) is 4.61. The molecule has 1 fully saturated rings. The van der Waals surface area contributed by atoms with Crippen molar-refractivity contribution >= 4 is 16.7 Å². The highest BCUT2D eigenvalue weighted by atomic mass is 15.1. The van der Waals surface area contributed by atoms with Gasteiger partial charge in [0.1, 0.15) is 5.82 Å². The number of imidazole rings is 1. The van der Waals surface area contributed by atoms with Gasteiger partial charge in [0, 0.05) is 12.1 Å². The van der Waals surface area contributed by atoms with E-state index >= 15 is 0 Å². The van der Waals surface area contributed by atoms with Crippen molar-refractivity contribution in [2.45, 2.75) is 32.1 Å². The molecular weight excluding hydrogens is 308 g/mol. The van der Waals surface area contributed by atoms with E-state index in [0.29, 0.717) is 11.8 Å². The summed E-state index contributed by atoms with van der Waals surface area (Å²) in [6.07, 6.45) is 9.49. The Morgan fingerprint density at radius 3 is 2.80 bits per heavy atom. The first kappa shape index (κ1) is 14.7. The highest BCUT2D eigenvalue weighted by Crippen LogP contribution is 2.44. The lowest BCUT2D eigenvalue weighted by atomic mass is 9.96. The molecule has 0 saturated heterocycles. The van der Waals surface area contributed by atoms with Gasteiger partial charge in [-0.25, -0.2) is 9.97 Å². The predicted octanol–water partition coefficient (Wildman–Crippen LogP) is 4.58. The molecule has 1 aromatic carbocycles. The number of aromatic nitrogens is 4. The zero-order chi connectivity index (χ0) is 16.8. The molecule has 1 aliphatic rings. The van der Waals surface area contributed by atoms with Crippen molar-refractivity contribution in [3.05, 3.63) is 66.4 Å². The van der Waals surface area contributed by atoms with Crippen LogP contribution in [0.1, 0.15) is 37.1 Å². The molecule has 3 heterocycles. The summed E-state index contributed by atoms with van der Waals surface area (Å²) in [4.78, 5) is 12.5. The van der Waals surface area contributed by atoms with Crippen LogP contribution in [0.5, 0.6) is 0 Å². The number of aromatic amines is 1. The predicted molar refractivity (Wildman–Crippen MR) is 99.6 cm³/mol. The Hall–Kier alpha value is -2.62. The number of fused-ring (bicyclic) bond motifs is 3. The van der Waals surface area contributed by atoms with E-state index in [9.17, 15) is 0 Å². The summed E-state index contributed by atoms with van der Waals surface area (Å²) in [5.41, 5.74) is 4.59. The van der Waals surface area contributed by atoms with Crippen LogP contribution in [0.15, 0.2) is 55.0 Å². The molecule has 126 valence electrons. The van der Waals surface area contributed by atoms with Gasteiger partial charge in [0.05, 0.1) is 23.4 Å². The van der Waals surface area contributed by atoms with Gasteiger partial charge in [-0.15, -0.1) is 0 Å². The largest absolute Gasteiger partial charge is 0.345 e. The Labute approximate surface area is 146 Å². The minimum absolute atomic E-state index is 0.511. The summed E-state index contributed by atoms with van der Waals surface area (Å²) >= 11 is 0. The maximum absolute atomic E-state index is 4.81. The Morgan fingerprint density at radius 2 is 1.92 bits per heavy atom. The van der Waals surface area contributed by atoms with Crippen molar-refractivity contribution in [3.63, 3.8) is 0 Å². The maximum atomic E-state index is 4.81. The molecule has 0 spiro atoms. The molecule has 0 bridgehead atoms. The highest BCUT2D eigenvalue weighted by Gasteiger charge is 2.35. The molecule has 3 aromatic heterocycles. The van der Waals surface area contributed by atoms with E-state index in [1.807, 2.05) is 18.6 Å². The molecule has 5 rings (SSSR count). The monoisotopic (exact) mass is 330 g/mol. The molecule has 1 N–H and O–H groups in total. The number of H-pyrrole nitrogens is 1. The molecule has 4 nitrogen and oxygen atoms in total. The Balaban J connectivity index is 1.49. The van der Waals surface area contributed by atoms with E-state index in [1.165, 1.54) is 30.7 Å². The Morgan fingerprint density at radius 1 is 1.08 bits per heavy atom. The number of benzene rings is 1. The fraction of sp³-hybridized carbons (Fsp3) is 0.333. The second-order valence-electron chi connectivity index (χ2n) is 7.46. The van der Waals surface area contributed by atoms with Gasteiger partial charge >= 0.3 is 0 Å². The molecule has 3 atom stereocenters. The normalized spacial score (nSPS) is 23.6. The molecule has 0 unspecified atom stereocenters. The fourth-order valence-corrected chi connectivity index (χ4v) is 4.61. The lowest BCUT2D eigenvalue weighted by Gasteiger charge is -2.14. The number of nitrogens with one attached hydrogen (secondary N) is 1. The quantitative estimate of drug-likeness (QED) is 0.597. The van der Waals surface area contributed by atoms with E-state index in [1.54, 1.807) is 0 Å². The number of hydrogen-bond acceptors (Lipinski definition) is 2. The van der Waals surface area contributed by atoms with Crippen molar-refractivity contribution in [1.29, 1.82) is 0 Å². The highest BCUT2D eigenvalue weighted by molar-refractivity contribution is 5.75. The third-order valence-electron chi connectivity index (χ3n) is 5.77. The van der Waals surface area contributed by atoms with Crippen LogP contribution in [0.3, 0.4) is 0 Å². The summed E-state index contributed by atoms with van der Waals surface area (Å²) in [5, 5.41) is 0. The first-order valence-electron chi connectivity index (χ1n) is 9.13. The van der Waals surface area contributed by atoms with Crippen LogP contribution < -0.4 is 0 Å². The molecule has 4 aromatic rings. The summed E-state index contributed by atoms with van der Waals surface area (Å²) in [6, 6.07) is 13.0. The topological polar surface area (TPSA) is 46.0 Å². The molecule has 0 amide bonds. The van der Waals surface area contributed by atoms with Gasteiger partial charge in [-0.05, 0) is 42.7 Å². The lowest BCUT2D eigenvalue weighted by Crippen LogP contribution is -2.07. The first-order chi connectivity index (χ1) is 12.3. The van der Waals surface area contributed by atoms with Crippen molar-refractivity contribution in [1.82, 2.24) is 19.4 Å². The van der Waals surface area contributed by atoms with Crippen LogP contribution in [-0.2, 0) is 6.42 Å². The molecular formula is C21H22N4. The minimum Gasteiger partial charge on any atom is -0.345 e. The lowest BCUT2D eigenvalue weighted by molar-refractivity contribution is 0.501. The second kappa shape index (κ2) is 5.73. The van der Waals surface area contributed by atoms with Gasteiger partial charge in [-0.1, -0.05) is 37.3 Å². The summed E-state index contributed by atoms with van der Waals surface area (Å²) in [5.74, 6) is 3.10. The molecule has 0 radical (unpaired) electrons. The summed E-state index contributed by atoms with van der Waals surface area (Å²) in [7, 11) is 0. The second-order valence-corrected chi connectivity index (χ2v) is 7.46. The smallest absolute Gasteiger partial charge is 0.154 e. The van der Waals surface area contributed by atoms with Crippen molar-refractivity contribution < 1.29 is 0 Å². The van der Waals surface area contributed by atoms with E-state index in [-0.39, 0.29) is 0 Å². The number of nitrogens with zero attached hydrogens (tertiary/aromatic N) is 3.